The molecular weight excluding hydrogens is 260 g/mol. The van der Waals surface area contributed by atoms with Gasteiger partial charge in [0.2, 0.25) is 0 Å². The van der Waals surface area contributed by atoms with Gasteiger partial charge >= 0.3 is 5.97 Å². The third kappa shape index (κ3) is 3.52. The van der Waals surface area contributed by atoms with Gasteiger partial charge in [-0.3, -0.25) is 0 Å². The second kappa shape index (κ2) is 5.72. The molecule has 0 bridgehead atoms. The van der Waals surface area contributed by atoms with Crippen LogP contribution < -0.4 is 4.74 Å². The molecule has 110 valence electrons. The summed E-state index contributed by atoms with van der Waals surface area (Å²) in [7, 11) is 0. The fraction of sp³-hybridized carbons (Fsp3) is 0.316. The minimum atomic E-state index is -0.306. The third-order valence-electron chi connectivity index (χ3n) is 3.61. The second-order valence-electron chi connectivity index (χ2n) is 6.43. The zero-order valence-electron chi connectivity index (χ0n) is 13.4. The van der Waals surface area contributed by atoms with Gasteiger partial charge in [-0.05, 0) is 48.1 Å². The smallest absolute Gasteiger partial charge is 0.343 e. The number of hydrogen-bond donors (Lipinski definition) is 0. The van der Waals surface area contributed by atoms with E-state index in [1.165, 1.54) is 5.56 Å². The first kappa shape index (κ1) is 15.3. The molecule has 0 aliphatic rings. The lowest BCUT2D eigenvalue weighted by atomic mass is 9.86. The van der Waals surface area contributed by atoms with E-state index in [2.05, 4.69) is 26.8 Å². The SMILES string of the molecule is Cc1cc(C(C)(C)C)ccc1OC(=O)c1ccccc1C. The van der Waals surface area contributed by atoms with Crippen LogP contribution in [0.4, 0.5) is 0 Å². The Balaban J connectivity index is 2.25. The molecule has 0 aromatic heterocycles. The average Bonchev–Trinajstić information content (AvgIpc) is 2.40. The molecule has 0 saturated carbocycles. The van der Waals surface area contributed by atoms with Gasteiger partial charge in [-0.2, -0.15) is 0 Å². The zero-order chi connectivity index (χ0) is 15.6. The summed E-state index contributed by atoms with van der Waals surface area (Å²) >= 11 is 0. The number of aryl methyl sites for hydroxylation is 2. The first-order valence-electron chi connectivity index (χ1n) is 7.18. The van der Waals surface area contributed by atoms with Crippen molar-refractivity contribution in [1.82, 2.24) is 0 Å². The van der Waals surface area contributed by atoms with Gasteiger partial charge in [0.05, 0.1) is 5.56 Å². The van der Waals surface area contributed by atoms with Gasteiger partial charge < -0.3 is 4.74 Å². The molecule has 0 aliphatic carbocycles. The molecule has 0 saturated heterocycles. The summed E-state index contributed by atoms with van der Waals surface area (Å²) in [5.74, 6) is 0.316. The molecule has 2 aromatic carbocycles. The van der Waals surface area contributed by atoms with Gasteiger partial charge in [0.25, 0.3) is 0 Å². The second-order valence-corrected chi connectivity index (χ2v) is 6.43. The van der Waals surface area contributed by atoms with E-state index in [9.17, 15) is 4.79 Å². The van der Waals surface area contributed by atoms with E-state index in [0.717, 1.165) is 11.1 Å². The molecule has 0 unspecified atom stereocenters. The van der Waals surface area contributed by atoms with Crippen molar-refractivity contribution in [2.24, 2.45) is 0 Å². The maximum Gasteiger partial charge on any atom is 0.343 e. The third-order valence-corrected chi connectivity index (χ3v) is 3.61. The van der Waals surface area contributed by atoms with Crippen molar-refractivity contribution >= 4 is 5.97 Å². The van der Waals surface area contributed by atoms with Crippen molar-refractivity contribution < 1.29 is 9.53 Å². The lowest BCUT2D eigenvalue weighted by molar-refractivity contribution is 0.0733. The molecule has 0 atom stereocenters. The monoisotopic (exact) mass is 282 g/mol. The lowest BCUT2D eigenvalue weighted by Crippen LogP contribution is -2.13. The van der Waals surface area contributed by atoms with Crippen LogP contribution in [0.3, 0.4) is 0 Å². The predicted octanol–water partition coefficient (Wildman–Crippen LogP) is 4.82. The van der Waals surface area contributed by atoms with Crippen molar-refractivity contribution in [1.29, 1.82) is 0 Å². The number of esters is 1. The highest BCUT2D eigenvalue weighted by molar-refractivity contribution is 5.92. The molecule has 0 fully saturated rings. The summed E-state index contributed by atoms with van der Waals surface area (Å²) in [6.07, 6.45) is 0. The predicted molar refractivity (Wildman–Crippen MR) is 86.0 cm³/mol. The Bertz CT molecular complexity index is 664. The Morgan fingerprint density at radius 3 is 2.19 bits per heavy atom. The number of benzene rings is 2. The summed E-state index contributed by atoms with van der Waals surface area (Å²) in [5, 5.41) is 0. The van der Waals surface area contributed by atoms with Crippen LogP contribution in [0.5, 0.6) is 5.75 Å². The summed E-state index contributed by atoms with van der Waals surface area (Å²) in [6.45, 7) is 10.4. The largest absolute Gasteiger partial charge is 0.423 e. The molecular formula is C19H22O2. The van der Waals surface area contributed by atoms with Crippen LogP contribution in [0.25, 0.3) is 0 Å². The van der Waals surface area contributed by atoms with Crippen LogP contribution in [0, 0.1) is 13.8 Å². The number of carbonyl (C=O) groups is 1. The molecule has 0 aliphatic heterocycles. The Kier molecular flexibility index (Phi) is 4.17. The lowest BCUT2D eigenvalue weighted by Gasteiger charge is -2.20. The highest BCUT2D eigenvalue weighted by atomic mass is 16.5. The molecule has 2 rings (SSSR count). The van der Waals surface area contributed by atoms with Crippen LogP contribution in [0.2, 0.25) is 0 Å². The van der Waals surface area contributed by atoms with Crippen molar-refractivity contribution in [2.75, 3.05) is 0 Å². The molecule has 2 nitrogen and oxygen atoms in total. The van der Waals surface area contributed by atoms with E-state index in [1.54, 1.807) is 6.07 Å². The maximum atomic E-state index is 12.2. The topological polar surface area (TPSA) is 26.3 Å². The molecule has 0 amide bonds. The van der Waals surface area contributed by atoms with Crippen LogP contribution in [0.15, 0.2) is 42.5 Å². The average molecular weight is 282 g/mol. The van der Waals surface area contributed by atoms with E-state index in [1.807, 2.05) is 44.2 Å². The highest BCUT2D eigenvalue weighted by Gasteiger charge is 2.16. The van der Waals surface area contributed by atoms with Crippen LogP contribution >= 0.6 is 0 Å². The Morgan fingerprint density at radius 1 is 0.952 bits per heavy atom. The summed E-state index contributed by atoms with van der Waals surface area (Å²) in [4.78, 5) is 12.2. The number of carbonyl (C=O) groups excluding carboxylic acids is 1. The number of ether oxygens (including phenoxy) is 1. The summed E-state index contributed by atoms with van der Waals surface area (Å²) < 4.78 is 5.54. The minimum absolute atomic E-state index is 0.0866. The van der Waals surface area contributed by atoms with E-state index in [0.29, 0.717) is 11.3 Å². The van der Waals surface area contributed by atoms with E-state index in [-0.39, 0.29) is 11.4 Å². The van der Waals surface area contributed by atoms with Gasteiger partial charge in [0.1, 0.15) is 5.75 Å². The van der Waals surface area contributed by atoms with Gasteiger partial charge in [0.15, 0.2) is 0 Å². The molecule has 0 radical (unpaired) electrons. The molecule has 2 aromatic rings. The quantitative estimate of drug-likeness (QED) is 0.583. The van der Waals surface area contributed by atoms with Crippen LogP contribution in [0.1, 0.15) is 47.8 Å². The van der Waals surface area contributed by atoms with Crippen molar-refractivity contribution in [3.8, 4) is 5.75 Å². The van der Waals surface area contributed by atoms with Crippen LogP contribution in [-0.2, 0) is 5.41 Å². The Morgan fingerprint density at radius 2 is 1.62 bits per heavy atom. The zero-order valence-corrected chi connectivity index (χ0v) is 13.4. The highest BCUT2D eigenvalue weighted by Crippen LogP contribution is 2.28. The van der Waals surface area contributed by atoms with Crippen molar-refractivity contribution in [3.63, 3.8) is 0 Å². The standard InChI is InChI=1S/C19H22O2/c1-13-8-6-7-9-16(13)18(20)21-17-11-10-15(12-14(17)2)19(3,4)5/h6-12H,1-5H3. The van der Waals surface area contributed by atoms with Gasteiger partial charge in [-0.25, -0.2) is 4.79 Å². The minimum Gasteiger partial charge on any atom is -0.423 e. The van der Waals surface area contributed by atoms with Crippen LogP contribution in [-0.4, -0.2) is 5.97 Å². The molecule has 0 N–H and O–H groups in total. The summed E-state index contributed by atoms with van der Waals surface area (Å²) in [5.41, 5.74) is 3.83. The molecule has 0 spiro atoms. The van der Waals surface area contributed by atoms with Gasteiger partial charge in [-0.15, -0.1) is 0 Å². The first-order chi connectivity index (χ1) is 9.79. The van der Waals surface area contributed by atoms with Crippen molar-refractivity contribution in [3.05, 3.63) is 64.7 Å². The molecule has 21 heavy (non-hydrogen) atoms. The number of hydrogen-bond acceptors (Lipinski definition) is 2. The van der Waals surface area contributed by atoms with Crippen molar-refractivity contribution in [2.45, 2.75) is 40.0 Å². The van der Waals surface area contributed by atoms with E-state index >= 15 is 0 Å². The van der Waals surface area contributed by atoms with Gasteiger partial charge in [0, 0.05) is 0 Å². The maximum absolute atomic E-state index is 12.2. The van der Waals surface area contributed by atoms with E-state index < -0.39 is 0 Å². The van der Waals surface area contributed by atoms with Gasteiger partial charge in [-0.1, -0.05) is 51.1 Å². The first-order valence-corrected chi connectivity index (χ1v) is 7.18. The Hall–Kier alpha value is -2.09. The number of rotatable bonds is 2. The normalized spacial score (nSPS) is 11.3. The fourth-order valence-corrected chi connectivity index (χ4v) is 2.19. The Labute approximate surface area is 126 Å². The summed E-state index contributed by atoms with van der Waals surface area (Å²) in [6, 6.07) is 13.4. The molecule has 0 heterocycles. The fourth-order valence-electron chi connectivity index (χ4n) is 2.19. The van der Waals surface area contributed by atoms with E-state index in [4.69, 9.17) is 4.74 Å². The molecule has 2 heteroatoms.